The average Bonchev–Trinajstić information content (AvgIpc) is 2.96. The van der Waals surface area contributed by atoms with Gasteiger partial charge in [0.2, 0.25) is 6.29 Å². The lowest BCUT2D eigenvalue weighted by molar-refractivity contribution is -0.320. The predicted molar refractivity (Wildman–Crippen MR) is 133 cm³/mol. The number of ketones is 1. The van der Waals surface area contributed by atoms with Crippen molar-refractivity contribution in [2.24, 2.45) is 0 Å². The number of benzene rings is 2. The summed E-state index contributed by atoms with van der Waals surface area (Å²) >= 11 is 0. The summed E-state index contributed by atoms with van der Waals surface area (Å²) in [6.07, 6.45) is -11.4. The van der Waals surface area contributed by atoms with Crippen LogP contribution in [0.3, 0.4) is 0 Å². The lowest BCUT2D eigenvalue weighted by atomic mass is 9.95. The molecule has 0 radical (unpaired) electrons. The monoisotopic (exact) mass is 564 g/mol. The fraction of sp³-hybridized carbons (Fsp3) is 0.519. The molecule has 3 aliphatic rings. The maximum absolute atomic E-state index is 12.9. The van der Waals surface area contributed by atoms with Gasteiger partial charge in [-0.15, -0.1) is 0 Å². The van der Waals surface area contributed by atoms with E-state index in [-0.39, 0.29) is 25.4 Å². The lowest BCUT2D eigenvalue weighted by Crippen LogP contribution is -2.60. The molecule has 218 valence electrons. The van der Waals surface area contributed by atoms with Crippen LogP contribution in [0.5, 0.6) is 23.0 Å². The van der Waals surface area contributed by atoms with E-state index in [0.717, 1.165) is 0 Å². The van der Waals surface area contributed by atoms with Crippen molar-refractivity contribution in [2.45, 2.75) is 61.7 Å². The molecule has 13 heteroatoms. The molecule has 0 aliphatic carbocycles. The predicted octanol–water partition coefficient (Wildman–Crippen LogP) is -0.309. The van der Waals surface area contributed by atoms with Crippen LogP contribution in [0.15, 0.2) is 36.4 Å². The van der Waals surface area contributed by atoms with Crippen LogP contribution in [-0.2, 0) is 14.2 Å². The highest BCUT2D eigenvalue weighted by molar-refractivity contribution is 6.02. The third kappa shape index (κ3) is 5.60. The van der Waals surface area contributed by atoms with Crippen LogP contribution in [0.1, 0.15) is 28.4 Å². The first-order valence-electron chi connectivity index (χ1n) is 12.7. The van der Waals surface area contributed by atoms with E-state index in [2.05, 4.69) is 0 Å². The molecule has 3 aliphatic heterocycles. The summed E-state index contributed by atoms with van der Waals surface area (Å²) in [6.45, 7) is -0.484. The number of rotatable bonds is 7. The second-order valence-corrected chi connectivity index (χ2v) is 9.73. The standard InChI is InChI=1S/C27H32O13/c1-34-14-7-18(35-2)21-15(28)9-17(39-19(21)8-14)12-3-5-13(6-4-12)38-26-25(33)23(31)20(11-37-26)40-27-24(32)22(30)16(29)10-36-27/h3-8,16-17,20,22-27,29-33H,9-11H2,1-2H3/t16-,17+,20+,22-,23-,24+,25-,26-,27+/m0/s1. The van der Waals surface area contributed by atoms with Gasteiger partial charge in [-0.2, -0.15) is 0 Å². The molecule has 0 bridgehead atoms. The molecule has 2 saturated heterocycles. The molecule has 2 aromatic carbocycles. The summed E-state index contributed by atoms with van der Waals surface area (Å²) in [4.78, 5) is 12.9. The van der Waals surface area contributed by atoms with E-state index in [9.17, 15) is 30.3 Å². The van der Waals surface area contributed by atoms with Crippen molar-refractivity contribution >= 4 is 5.78 Å². The quantitative estimate of drug-likeness (QED) is 0.296. The van der Waals surface area contributed by atoms with Crippen molar-refractivity contribution in [2.75, 3.05) is 27.4 Å². The summed E-state index contributed by atoms with van der Waals surface area (Å²) in [7, 11) is 2.98. The van der Waals surface area contributed by atoms with E-state index in [1.54, 1.807) is 36.4 Å². The summed E-state index contributed by atoms with van der Waals surface area (Å²) in [5.41, 5.74) is 1.08. The summed E-state index contributed by atoms with van der Waals surface area (Å²) < 4.78 is 38.7. The molecule has 5 N–H and O–H groups in total. The zero-order chi connectivity index (χ0) is 28.6. The van der Waals surface area contributed by atoms with Crippen molar-refractivity contribution in [3.05, 3.63) is 47.5 Å². The molecule has 0 saturated carbocycles. The molecular formula is C27H32O13. The fourth-order valence-corrected chi connectivity index (χ4v) is 4.82. The molecule has 2 aromatic rings. The largest absolute Gasteiger partial charge is 0.496 e. The van der Waals surface area contributed by atoms with Crippen molar-refractivity contribution in [1.29, 1.82) is 0 Å². The SMILES string of the molecule is COc1cc(OC)c2c(c1)O[C@@H](c1ccc(O[C@@H]3OC[C@@H](O[C@H]4OC[C@H](O)[C@H](O)[C@H]4O)[C@H](O)[C@@H]3O)cc1)CC2=O. The molecule has 0 aromatic heterocycles. The van der Waals surface area contributed by atoms with E-state index in [1.807, 2.05) is 0 Å². The summed E-state index contributed by atoms with van der Waals surface area (Å²) in [5.74, 6) is 1.42. The first-order chi connectivity index (χ1) is 19.2. The van der Waals surface area contributed by atoms with Gasteiger partial charge in [0.05, 0.1) is 33.9 Å². The lowest BCUT2D eigenvalue weighted by Gasteiger charge is -2.41. The van der Waals surface area contributed by atoms with Gasteiger partial charge in [-0.1, -0.05) is 12.1 Å². The van der Waals surface area contributed by atoms with Gasteiger partial charge in [0.15, 0.2) is 12.1 Å². The zero-order valence-electron chi connectivity index (χ0n) is 21.8. The summed E-state index contributed by atoms with van der Waals surface area (Å²) in [6, 6.07) is 9.94. The Labute approximate surface area is 229 Å². The van der Waals surface area contributed by atoms with Gasteiger partial charge in [0.25, 0.3) is 0 Å². The Bertz CT molecular complexity index is 1190. The highest BCUT2D eigenvalue weighted by Crippen LogP contribution is 2.42. The number of fused-ring (bicyclic) bond motifs is 1. The number of methoxy groups -OCH3 is 2. The van der Waals surface area contributed by atoms with Gasteiger partial charge in [0, 0.05) is 12.1 Å². The van der Waals surface area contributed by atoms with E-state index in [1.165, 1.54) is 14.2 Å². The van der Waals surface area contributed by atoms with Crippen LogP contribution in [0.4, 0.5) is 0 Å². The van der Waals surface area contributed by atoms with E-state index >= 15 is 0 Å². The number of Topliss-reactive ketones (excluding diaryl/α,β-unsaturated/α-hetero) is 1. The van der Waals surface area contributed by atoms with Crippen molar-refractivity contribution < 1.29 is 63.5 Å². The van der Waals surface area contributed by atoms with Crippen LogP contribution in [0.2, 0.25) is 0 Å². The smallest absolute Gasteiger partial charge is 0.228 e. The third-order valence-corrected chi connectivity index (χ3v) is 7.12. The number of carbonyl (C=O) groups is 1. The number of aliphatic hydroxyl groups excluding tert-OH is 5. The molecule has 3 heterocycles. The Balaban J connectivity index is 1.20. The highest BCUT2D eigenvalue weighted by Gasteiger charge is 2.45. The number of hydrogen-bond acceptors (Lipinski definition) is 13. The van der Waals surface area contributed by atoms with Gasteiger partial charge < -0.3 is 58.7 Å². The van der Waals surface area contributed by atoms with E-state index in [0.29, 0.717) is 34.1 Å². The molecule has 0 spiro atoms. The average molecular weight is 565 g/mol. The molecule has 13 nitrogen and oxygen atoms in total. The zero-order valence-corrected chi connectivity index (χ0v) is 21.8. The maximum atomic E-state index is 12.9. The van der Waals surface area contributed by atoms with E-state index < -0.39 is 55.3 Å². The Kier molecular flexibility index (Phi) is 8.44. The Morgan fingerprint density at radius 2 is 1.50 bits per heavy atom. The Hall–Kier alpha value is -3.01. The molecular weight excluding hydrogens is 532 g/mol. The minimum Gasteiger partial charge on any atom is -0.496 e. The molecule has 0 unspecified atom stereocenters. The highest BCUT2D eigenvalue weighted by atomic mass is 16.7. The molecule has 0 amide bonds. The number of ether oxygens (including phenoxy) is 7. The molecule has 40 heavy (non-hydrogen) atoms. The Morgan fingerprint density at radius 3 is 2.20 bits per heavy atom. The van der Waals surface area contributed by atoms with Crippen LogP contribution in [-0.4, -0.2) is 108 Å². The minimum atomic E-state index is -1.55. The van der Waals surface area contributed by atoms with Crippen LogP contribution < -0.4 is 18.9 Å². The van der Waals surface area contributed by atoms with Gasteiger partial charge >= 0.3 is 0 Å². The van der Waals surface area contributed by atoms with Crippen LogP contribution in [0.25, 0.3) is 0 Å². The normalized spacial score (nSPS) is 34.0. The minimum absolute atomic E-state index is 0.101. The molecule has 5 rings (SSSR count). The van der Waals surface area contributed by atoms with Crippen molar-refractivity contribution in [3.63, 3.8) is 0 Å². The number of hydrogen-bond donors (Lipinski definition) is 5. The number of carbonyl (C=O) groups excluding carboxylic acids is 1. The topological polar surface area (TPSA) is 183 Å². The fourth-order valence-electron chi connectivity index (χ4n) is 4.82. The first-order valence-corrected chi connectivity index (χ1v) is 12.7. The number of aliphatic hydroxyl groups is 5. The molecule has 2 fully saturated rings. The summed E-state index contributed by atoms with van der Waals surface area (Å²) in [5, 5.41) is 50.6. The van der Waals surface area contributed by atoms with E-state index in [4.69, 9.17) is 33.2 Å². The van der Waals surface area contributed by atoms with Crippen LogP contribution in [0, 0.1) is 0 Å². The van der Waals surface area contributed by atoms with Crippen molar-refractivity contribution in [3.8, 4) is 23.0 Å². The molecule has 9 atom stereocenters. The third-order valence-electron chi connectivity index (χ3n) is 7.12. The van der Waals surface area contributed by atoms with Crippen molar-refractivity contribution in [1.82, 2.24) is 0 Å². The van der Waals surface area contributed by atoms with Gasteiger partial charge in [-0.3, -0.25) is 4.79 Å². The maximum Gasteiger partial charge on any atom is 0.228 e. The second-order valence-electron chi connectivity index (χ2n) is 9.73. The first kappa shape index (κ1) is 28.5. The Morgan fingerprint density at radius 1 is 0.800 bits per heavy atom. The van der Waals surface area contributed by atoms with Gasteiger partial charge in [-0.05, 0) is 17.7 Å². The van der Waals surface area contributed by atoms with Crippen LogP contribution >= 0.6 is 0 Å². The van der Waals surface area contributed by atoms with Gasteiger partial charge in [-0.25, -0.2) is 0 Å². The van der Waals surface area contributed by atoms with Gasteiger partial charge in [0.1, 0.15) is 71.3 Å². The second kappa shape index (κ2) is 11.8.